The number of likely N-dealkylation sites (N-methyl/N-ethyl adjacent to an activating group) is 1. The van der Waals surface area contributed by atoms with Gasteiger partial charge in [-0.05, 0) is 19.0 Å². The Hall–Kier alpha value is -1.06. The van der Waals surface area contributed by atoms with Crippen LogP contribution in [0, 0.1) is 5.92 Å². The lowest BCUT2D eigenvalue weighted by Gasteiger charge is -2.42. The van der Waals surface area contributed by atoms with Crippen LogP contribution in [-0.2, 0) is 0 Å². The molecular weight excluding hydrogens is 212 g/mol. The van der Waals surface area contributed by atoms with Crippen LogP contribution in [0.2, 0.25) is 0 Å². The largest absolute Gasteiger partial charge is 0.508 e. The van der Waals surface area contributed by atoms with Crippen LogP contribution in [-0.4, -0.2) is 36.2 Å². The second kappa shape index (κ2) is 5.07. The third-order valence-electron chi connectivity index (χ3n) is 3.77. The van der Waals surface area contributed by atoms with Crippen molar-refractivity contribution in [1.29, 1.82) is 0 Å². The molecule has 2 N–H and O–H groups in total. The van der Waals surface area contributed by atoms with Crippen molar-refractivity contribution in [3.05, 3.63) is 29.8 Å². The minimum atomic E-state index is 0.261. The summed E-state index contributed by atoms with van der Waals surface area (Å²) in [6.07, 6.45) is 0. The van der Waals surface area contributed by atoms with Crippen molar-refractivity contribution in [2.75, 3.05) is 20.1 Å². The van der Waals surface area contributed by atoms with Gasteiger partial charge in [0.1, 0.15) is 5.75 Å². The Labute approximate surface area is 103 Å². The van der Waals surface area contributed by atoms with Crippen molar-refractivity contribution >= 4 is 0 Å². The van der Waals surface area contributed by atoms with Gasteiger partial charge in [-0.25, -0.2) is 0 Å². The van der Waals surface area contributed by atoms with Gasteiger partial charge in [0.2, 0.25) is 0 Å². The molecule has 1 aromatic carbocycles. The molecule has 3 heteroatoms. The SMILES string of the molecule is CC(C)C1CNCC(c2ccccc2O)N1C. The van der Waals surface area contributed by atoms with E-state index in [1.54, 1.807) is 6.07 Å². The number of piperazine rings is 1. The van der Waals surface area contributed by atoms with E-state index in [2.05, 4.69) is 31.1 Å². The van der Waals surface area contributed by atoms with Crippen LogP contribution in [0.3, 0.4) is 0 Å². The molecule has 0 saturated carbocycles. The molecule has 1 aliphatic heterocycles. The minimum absolute atomic E-state index is 0.261. The second-order valence-electron chi connectivity index (χ2n) is 5.21. The average Bonchev–Trinajstić information content (AvgIpc) is 2.30. The Kier molecular flexibility index (Phi) is 3.69. The van der Waals surface area contributed by atoms with E-state index in [-0.39, 0.29) is 6.04 Å². The molecule has 2 atom stereocenters. The number of rotatable bonds is 2. The van der Waals surface area contributed by atoms with E-state index < -0.39 is 0 Å². The van der Waals surface area contributed by atoms with Crippen molar-refractivity contribution < 1.29 is 5.11 Å². The van der Waals surface area contributed by atoms with Gasteiger partial charge in [-0.15, -0.1) is 0 Å². The number of phenolic OH excluding ortho intramolecular Hbond substituents is 1. The van der Waals surface area contributed by atoms with Crippen molar-refractivity contribution in [3.63, 3.8) is 0 Å². The highest BCUT2D eigenvalue weighted by atomic mass is 16.3. The zero-order chi connectivity index (χ0) is 12.4. The number of benzene rings is 1. The van der Waals surface area contributed by atoms with Crippen LogP contribution in [0.1, 0.15) is 25.5 Å². The molecule has 1 aromatic rings. The van der Waals surface area contributed by atoms with Crippen LogP contribution in [0.15, 0.2) is 24.3 Å². The smallest absolute Gasteiger partial charge is 0.120 e. The lowest BCUT2D eigenvalue weighted by Crippen LogP contribution is -2.53. The van der Waals surface area contributed by atoms with Gasteiger partial charge < -0.3 is 10.4 Å². The first-order chi connectivity index (χ1) is 8.11. The van der Waals surface area contributed by atoms with Crippen molar-refractivity contribution in [2.24, 2.45) is 5.92 Å². The number of hydrogen-bond donors (Lipinski definition) is 2. The van der Waals surface area contributed by atoms with Gasteiger partial charge in [0.05, 0.1) is 6.04 Å². The topological polar surface area (TPSA) is 35.5 Å². The Balaban J connectivity index is 2.24. The molecule has 3 nitrogen and oxygen atoms in total. The van der Waals surface area contributed by atoms with E-state index in [1.165, 1.54) is 0 Å². The maximum absolute atomic E-state index is 9.95. The summed E-state index contributed by atoms with van der Waals surface area (Å²) < 4.78 is 0. The van der Waals surface area contributed by atoms with Crippen molar-refractivity contribution in [1.82, 2.24) is 10.2 Å². The Morgan fingerprint density at radius 3 is 2.65 bits per heavy atom. The lowest BCUT2D eigenvalue weighted by atomic mass is 9.94. The van der Waals surface area contributed by atoms with Crippen LogP contribution < -0.4 is 5.32 Å². The highest BCUT2D eigenvalue weighted by molar-refractivity contribution is 5.35. The molecule has 1 saturated heterocycles. The summed E-state index contributed by atoms with van der Waals surface area (Å²) in [5.74, 6) is 1.01. The maximum atomic E-state index is 9.95. The van der Waals surface area contributed by atoms with Gasteiger partial charge in [-0.2, -0.15) is 0 Å². The van der Waals surface area contributed by atoms with Crippen molar-refractivity contribution in [2.45, 2.75) is 25.9 Å². The van der Waals surface area contributed by atoms with E-state index in [9.17, 15) is 5.11 Å². The summed E-state index contributed by atoms with van der Waals surface area (Å²) in [5, 5.41) is 13.4. The van der Waals surface area contributed by atoms with Gasteiger partial charge in [-0.3, -0.25) is 4.90 Å². The fourth-order valence-electron chi connectivity index (χ4n) is 2.69. The number of nitrogens with one attached hydrogen (secondary N) is 1. The summed E-state index contributed by atoms with van der Waals surface area (Å²) in [6.45, 7) is 6.42. The summed E-state index contributed by atoms with van der Waals surface area (Å²) in [4.78, 5) is 2.39. The number of aromatic hydroxyl groups is 1. The molecule has 0 bridgehead atoms. The Bertz CT molecular complexity index is 378. The molecule has 0 aliphatic carbocycles. The van der Waals surface area contributed by atoms with Crippen LogP contribution in [0.4, 0.5) is 0 Å². The average molecular weight is 234 g/mol. The fraction of sp³-hybridized carbons (Fsp3) is 0.571. The molecule has 94 valence electrons. The number of hydrogen-bond acceptors (Lipinski definition) is 3. The van der Waals surface area contributed by atoms with Crippen molar-refractivity contribution in [3.8, 4) is 5.75 Å². The quantitative estimate of drug-likeness (QED) is 0.821. The molecule has 0 aromatic heterocycles. The van der Waals surface area contributed by atoms with Gasteiger partial charge in [0, 0.05) is 24.7 Å². The Morgan fingerprint density at radius 2 is 2.00 bits per heavy atom. The molecule has 0 amide bonds. The van der Waals surface area contributed by atoms with E-state index in [0.717, 1.165) is 18.7 Å². The lowest BCUT2D eigenvalue weighted by molar-refractivity contribution is 0.0963. The zero-order valence-corrected chi connectivity index (χ0v) is 10.9. The highest BCUT2D eigenvalue weighted by Crippen LogP contribution is 2.31. The predicted octanol–water partition coefficient (Wildman–Crippen LogP) is 1.99. The van der Waals surface area contributed by atoms with Gasteiger partial charge in [0.25, 0.3) is 0 Å². The fourth-order valence-corrected chi connectivity index (χ4v) is 2.69. The molecule has 1 aliphatic rings. The van der Waals surface area contributed by atoms with E-state index in [0.29, 0.717) is 17.7 Å². The molecule has 0 radical (unpaired) electrons. The highest BCUT2D eigenvalue weighted by Gasteiger charge is 2.31. The summed E-state index contributed by atoms with van der Waals surface area (Å²) in [7, 11) is 2.16. The molecule has 17 heavy (non-hydrogen) atoms. The maximum Gasteiger partial charge on any atom is 0.120 e. The normalized spacial score (nSPS) is 26.4. The summed E-state index contributed by atoms with van der Waals surface area (Å²) in [6, 6.07) is 8.42. The third-order valence-corrected chi connectivity index (χ3v) is 3.77. The second-order valence-corrected chi connectivity index (χ2v) is 5.21. The monoisotopic (exact) mass is 234 g/mol. The number of para-hydroxylation sites is 1. The molecule has 1 fully saturated rings. The standard InChI is InChI=1S/C14H22N2O/c1-10(2)12-8-15-9-13(16(12)3)11-6-4-5-7-14(11)17/h4-7,10,12-13,15,17H,8-9H2,1-3H3. The van der Waals surface area contributed by atoms with E-state index in [1.807, 2.05) is 18.2 Å². The number of phenols is 1. The zero-order valence-electron chi connectivity index (χ0n) is 10.9. The van der Waals surface area contributed by atoms with Gasteiger partial charge in [-0.1, -0.05) is 32.0 Å². The summed E-state index contributed by atoms with van der Waals surface area (Å²) in [5.41, 5.74) is 1.02. The first-order valence-corrected chi connectivity index (χ1v) is 6.31. The van der Waals surface area contributed by atoms with Crippen LogP contribution >= 0.6 is 0 Å². The molecule has 2 rings (SSSR count). The van der Waals surface area contributed by atoms with E-state index >= 15 is 0 Å². The van der Waals surface area contributed by atoms with E-state index in [4.69, 9.17) is 0 Å². The van der Waals surface area contributed by atoms with Gasteiger partial charge >= 0.3 is 0 Å². The van der Waals surface area contributed by atoms with Gasteiger partial charge in [0.15, 0.2) is 0 Å². The molecule has 1 heterocycles. The first-order valence-electron chi connectivity index (χ1n) is 6.31. The Morgan fingerprint density at radius 1 is 1.29 bits per heavy atom. The molecular formula is C14H22N2O. The predicted molar refractivity (Wildman–Crippen MR) is 70.1 cm³/mol. The summed E-state index contributed by atoms with van der Waals surface area (Å²) >= 11 is 0. The minimum Gasteiger partial charge on any atom is -0.508 e. The van der Waals surface area contributed by atoms with Crippen LogP contribution in [0.5, 0.6) is 5.75 Å². The molecule has 2 unspecified atom stereocenters. The third kappa shape index (κ3) is 2.45. The number of nitrogens with zero attached hydrogens (tertiary/aromatic N) is 1. The van der Waals surface area contributed by atoms with Crippen LogP contribution in [0.25, 0.3) is 0 Å². The molecule has 0 spiro atoms. The first kappa shape index (κ1) is 12.4.